The predicted octanol–water partition coefficient (Wildman–Crippen LogP) is 3.33. The van der Waals surface area contributed by atoms with Crippen LogP contribution < -0.4 is 15.1 Å². The summed E-state index contributed by atoms with van der Waals surface area (Å²) in [6.07, 6.45) is 1.31. The molecule has 1 saturated heterocycles. The molecule has 0 bridgehead atoms. The second-order valence-corrected chi connectivity index (χ2v) is 6.76. The Kier molecular flexibility index (Phi) is 5.78. The third-order valence-corrected chi connectivity index (χ3v) is 4.73. The fourth-order valence-electron chi connectivity index (χ4n) is 3.07. The summed E-state index contributed by atoms with van der Waals surface area (Å²) < 4.78 is 0. The van der Waals surface area contributed by atoms with E-state index in [1.807, 2.05) is 37.4 Å². The molecular weight excluding hydrogens is 350 g/mol. The third kappa shape index (κ3) is 4.17. The molecule has 0 atom stereocenters. The van der Waals surface area contributed by atoms with Gasteiger partial charge < -0.3 is 15.1 Å². The summed E-state index contributed by atoms with van der Waals surface area (Å²) in [5.74, 6) is -0.164. The van der Waals surface area contributed by atoms with Crippen molar-refractivity contribution in [1.82, 2.24) is 5.32 Å². The summed E-state index contributed by atoms with van der Waals surface area (Å²) in [6.45, 7) is 1.80. The maximum Gasteiger partial charge on any atom is 0.253 e. The van der Waals surface area contributed by atoms with Crippen LogP contribution in [0.15, 0.2) is 48.5 Å². The van der Waals surface area contributed by atoms with Gasteiger partial charge in [0.1, 0.15) is 0 Å². The normalized spacial score (nSPS) is 13.8. The van der Waals surface area contributed by atoms with Crippen molar-refractivity contribution in [3.8, 4) is 0 Å². The number of benzene rings is 2. The molecule has 2 aromatic carbocycles. The number of carbonyl (C=O) groups is 2. The minimum Gasteiger partial charge on any atom is -0.373 e. The smallest absolute Gasteiger partial charge is 0.253 e. The third-order valence-electron chi connectivity index (χ3n) is 4.50. The molecule has 0 radical (unpaired) electrons. The molecule has 2 amide bonds. The first-order valence-electron chi connectivity index (χ1n) is 8.70. The molecule has 136 valence electrons. The number of likely N-dealkylation sites (N-methyl/N-ethyl adjacent to an activating group) is 1. The Labute approximate surface area is 158 Å². The zero-order valence-corrected chi connectivity index (χ0v) is 15.5. The van der Waals surface area contributed by atoms with Gasteiger partial charge in [-0.25, -0.2) is 0 Å². The van der Waals surface area contributed by atoms with Crippen LogP contribution in [-0.2, 0) is 4.79 Å². The molecule has 1 aliphatic heterocycles. The molecule has 2 aromatic rings. The highest BCUT2D eigenvalue weighted by Crippen LogP contribution is 2.28. The predicted molar refractivity (Wildman–Crippen MR) is 105 cm³/mol. The molecule has 5 nitrogen and oxygen atoms in total. The van der Waals surface area contributed by atoms with Gasteiger partial charge in [0.15, 0.2) is 0 Å². The lowest BCUT2D eigenvalue weighted by Crippen LogP contribution is -2.34. The number of anilines is 2. The van der Waals surface area contributed by atoms with Gasteiger partial charge in [0.2, 0.25) is 5.91 Å². The first-order valence-corrected chi connectivity index (χ1v) is 9.08. The summed E-state index contributed by atoms with van der Waals surface area (Å²) in [6, 6.07) is 15.0. The summed E-state index contributed by atoms with van der Waals surface area (Å²) in [7, 11) is 1.98. The Balaban J connectivity index is 1.65. The van der Waals surface area contributed by atoms with Crippen molar-refractivity contribution in [3.63, 3.8) is 0 Å². The summed E-state index contributed by atoms with van der Waals surface area (Å²) in [4.78, 5) is 28.4. The van der Waals surface area contributed by atoms with E-state index in [4.69, 9.17) is 11.6 Å². The summed E-state index contributed by atoms with van der Waals surface area (Å²) >= 11 is 6.09. The number of para-hydroxylation sites is 1. The highest BCUT2D eigenvalue weighted by molar-refractivity contribution is 6.31. The molecule has 0 aliphatic carbocycles. The fourth-order valence-corrected chi connectivity index (χ4v) is 3.23. The van der Waals surface area contributed by atoms with E-state index in [1.165, 1.54) is 0 Å². The Hall–Kier alpha value is -2.53. The number of amides is 2. The van der Waals surface area contributed by atoms with Gasteiger partial charge in [0.05, 0.1) is 11.3 Å². The highest BCUT2D eigenvalue weighted by Gasteiger charge is 2.26. The molecule has 0 aromatic heterocycles. The Morgan fingerprint density at radius 1 is 1.23 bits per heavy atom. The summed E-state index contributed by atoms with van der Waals surface area (Å²) in [5, 5.41) is 3.45. The van der Waals surface area contributed by atoms with Crippen LogP contribution in [-0.4, -0.2) is 38.5 Å². The standard InChI is InChI=1S/C20H22ClN3O2/c1-23(16-6-3-2-4-7-16)13-11-22-20(26)17-10-9-15(21)14-18(17)24-12-5-8-19(24)25/h2-4,6-7,9-10,14H,5,8,11-13H2,1H3,(H,22,26). The number of nitrogens with zero attached hydrogens (tertiary/aromatic N) is 2. The molecule has 1 fully saturated rings. The zero-order chi connectivity index (χ0) is 18.5. The minimum atomic E-state index is -0.196. The van der Waals surface area contributed by atoms with E-state index in [2.05, 4.69) is 10.2 Å². The second-order valence-electron chi connectivity index (χ2n) is 6.32. The van der Waals surface area contributed by atoms with E-state index in [0.29, 0.717) is 42.3 Å². The van der Waals surface area contributed by atoms with Crippen molar-refractivity contribution in [3.05, 3.63) is 59.1 Å². The average Bonchev–Trinajstić information content (AvgIpc) is 3.08. The molecular formula is C20H22ClN3O2. The molecule has 0 saturated carbocycles. The lowest BCUT2D eigenvalue weighted by atomic mass is 10.1. The lowest BCUT2D eigenvalue weighted by molar-refractivity contribution is -0.117. The molecule has 1 aliphatic rings. The summed E-state index contributed by atoms with van der Waals surface area (Å²) in [5.41, 5.74) is 2.16. The van der Waals surface area contributed by atoms with Crippen molar-refractivity contribution in [2.24, 2.45) is 0 Å². The van der Waals surface area contributed by atoms with Crippen LogP contribution in [0.5, 0.6) is 0 Å². The van der Waals surface area contributed by atoms with Crippen LogP contribution in [0, 0.1) is 0 Å². The number of carbonyl (C=O) groups excluding carboxylic acids is 2. The van der Waals surface area contributed by atoms with Crippen LogP contribution in [0.1, 0.15) is 23.2 Å². The Morgan fingerprint density at radius 2 is 2.00 bits per heavy atom. The minimum absolute atomic E-state index is 0.0325. The van der Waals surface area contributed by atoms with Crippen molar-refractivity contribution < 1.29 is 9.59 Å². The Morgan fingerprint density at radius 3 is 2.69 bits per heavy atom. The van der Waals surface area contributed by atoms with Crippen LogP contribution in [0.2, 0.25) is 5.02 Å². The zero-order valence-electron chi connectivity index (χ0n) is 14.7. The molecule has 1 heterocycles. The monoisotopic (exact) mass is 371 g/mol. The van der Waals surface area contributed by atoms with Gasteiger partial charge >= 0.3 is 0 Å². The number of nitrogens with one attached hydrogen (secondary N) is 1. The average molecular weight is 372 g/mol. The van der Waals surface area contributed by atoms with Crippen LogP contribution >= 0.6 is 11.6 Å². The van der Waals surface area contributed by atoms with Crippen molar-refractivity contribution in [2.45, 2.75) is 12.8 Å². The number of rotatable bonds is 6. The van der Waals surface area contributed by atoms with E-state index in [-0.39, 0.29) is 11.8 Å². The quantitative estimate of drug-likeness (QED) is 0.847. The Bertz CT molecular complexity index is 795. The van der Waals surface area contributed by atoms with Crippen LogP contribution in [0.4, 0.5) is 11.4 Å². The number of hydrogen-bond donors (Lipinski definition) is 1. The van der Waals surface area contributed by atoms with E-state index < -0.39 is 0 Å². The SMILES string of the molecule is CN(CCNC(=O)c1ccc(Cl)cc1N1CCCC1=O)c1ccccc1. The molecule has 6 heteroatoms. The first kappa shape index (κ1) is 18.3. The van der Waals surface area contributed by atoms with Crippen molar-refractivity contribution >= 4 is 34.8 Å². The first-order chi connectivity index (χ1) is 12.6. The van der Waals surface area contributed by atoms with Crippen LogP contribution in [0.3, 0.4) is 0 Å². The van der Waals surface area contributed by atoms with Crippen molar-refractivity contribution in [2.75, 3.05) is 36.5 Å². The molecule has 0 unspecified atom stereocenters. The van der Waals surface area contributed by atoms with Gasteiger partial charge in [0, 0.05) is 43.8 Å². The van der Waals surface area contributed by atoms with Gasteiger partial charge in [0.25, 0.3) is 5.91 Å². The topological polar surface area (TPSA) is 52.7 Å². The maximum atomic E-state index is 12.6. The van der Waals surface area contributed by atoms with Crippen molar-refractivity contribution in [1.29, 1.82) is 0 Å². The van der Waals surface area contributed by atoms with E-state index in [9.17, 15) is 9.59 Å². The fraction of sp³-hybridized carbons (Fsp3) is 0.300. The molecule has 1 N–H and O–H groups in total. The maximum absolute atomic E-state index is 12.6. The highest BCUT2D eigenvalue weighted by atomic mass is 35.5. The van der Waals surface area contributed by atoms with Gasteiger partial charge in [-0.3, -0.25) is 9.59 Å². The number of hydrogen-bond acceptors (Lipinski definition) is 3. The van der Waals surface area contributed by atoms with Gasteiger partial charge in [-0.1, -0.05) is 29.8 Å². The number of halogens is 1. The molecule has 0 spiro atoms. The van der Waals surface area contributed by atoms with Gasteiger partial charge in [-0.2, -0.15) is 0 Å². The second kappa shape index (κ2) is 8.23. The molecule has 26 heavy (non-hydrogen) atoms. The van der Waals surface area contributed by atoms with Crippen LogP contribution in [0.25, 0.3) is 0 Å². The van der Waals surface area contributed by atoms with Gasteiger partial charge in [-0.15, -0.1) is 0 Å². The lowest BCUT2D eigenvalue weighted by Gasteiger charge is -2.21. The van der Waals surface area contributed by atoms with Gasteiger partial charge in [-0.05, 0) is 36.8 Å². The van der Waals surface area contributed by atoms with E-state index in [0.717, 1.165) is 12.1 Å². The largest absolute Gasteiger partial charge is 0.373 e. The van der Waals surface area contributed by atoms with E-state index >= 15 is 0 Å². The molecule has 3 rings (SSSR count). The van der Waals surface area contributed by atoms with E-state index in [1.54, 1.807) is 23.1 Å².